The first kappa shape index (κ1) is 15.6. The Hall–Kier alpha value is -2.88. The third kappa shape index (κ3) is 2.95. The molecule has 0 unspecified atom stereocenters. The number of aromatic carboxylic acids is 1. The quantitative estimate of drug-likeness (QED) is 0.736. The maximum atomic E-state index is 11.1. The summed E-state index contributed by atoms with van der Waals surface area (Å²) >= 11 is 0. The minimum atomic E-state index is -0.887. The minimum absolute atomic E-state index is 0.330. The predicted octanol–water partition coefficient (Wildman–Crippen LogP) is 3.94. The molecule has 0 aliphatic heterocycles. The monoisotopic (exact) mass is 332 g/mol. The van der Waals surface area contributed by atoms with Gasteiger partial charge in [-0.1, -0.05) is 12.2 Å². The molecule has 1 N–H and O–H groups in total. The number of nitrogens with zero attached hydrogens (tertiary/aromatic N) is 2. The highest BCUT2D eigenvalue weighted by Gasteiger charge is 2.13. The van der Waals surface area contributed by atoms with Gasteiger partial charge in [0.1, 0.15) is 0 Å². The summed E-state index contributed by atoms with van der Waals surface area (Å²) in [6.07, 6.45) is 9.29. The number of carboxylic acids is 1. The first-order chi connectivity index (χ1) is 12.1. The second-order valence-electron chi connectivity index (χ2n) is 6.57. The van der Waals surface area contributed by atoms with Crippen LogP contribution in [0.25, 0.3) is 10.9 Å². The number of allylic oxidation sites excluding steroid dienone is 2. The molecule has 2 aromatic heterocycles. The summed E-state index contributed by atoms with van der Waals surface area (Å²) in [6.45, 7) is 2.93. The average molecular weight is 332 g/mol. The molecule has 0 saturated heterocycles. The van der Waals surface area contributed by atoms with Crippen molar-refractivity contribution in [2.24, 2.45) is 0 Å². The van der Waals surface area contributed by atoms with E-state index in [0.717, 1.165) is 42.4 Å². The van der Waals surface area contributed by atoms with Crippen LogP contribution in [0.5, 0.6) is 0 Å². The first-order valence-corrected chi connectivity index (χ1v) is 8.57. The molecule has 0 bridgehead atoms. The second-order valence-corrected chi connectivity index (χ2v) is 6.57. The van der Waals surface area contributed by atoms with E-state index >= 15 is 0 Å². The zero-order chi connectivity index (χ0) is 17.4. The maximum absolute atomic E-state index is 11.1. The Kier molecular flexibility index (Phi) is 3.88. The van der Waals surface area contributed by atoms with Gasteiger partial charge in [-0.3, -0.25) is 4.98 Å². The molecule has 4 nitrogen and oxygen atoms in total. The highest BCUT2D eigenvalue weighted by molar-refractivity contribution is 5.93. The van der Waals surface area contributed by atoms with Crippen LogP contribution < -0.4 is 0 Å². The number of carbonyl (C=O) groups is 1. The van der Waals surface area contributed by atoms with Gasteiger partial charge in [0.2, 0.25) is 0 Å². The lowest BCUT2D eigenvalue weighted by atomic mass is 9.94. The van der Waals surface area contributed by atoms with E-state index in [1.54, 1.807) is 12.1 Å². The first-order valence-electron chi connectivity index (χ1n) is 8.57. The smallest absolute Gasteiger partial charge is 0.335 e. The van der Waals surface area contributed by atoms with Crippen molar-refractivity contribution in [2.45, 2.75) is 32.7 Å². The van der Waals surface area contributed by atoms with Crippen molar-refractivity contribution in [3.63, 3.8) is 0 Å². The van der Waals surface area contributed by atoms with E-state index in [1.165, 1.54) is 16.8 Å². The van der Waals surface area contributed by atoms with Crippen molar-refractivity contribution >= 4 is 16.9 Å². The van der Waals surface area contributed by atoms with Gasteiger partial charge in [0.05, 0.1) is 5.56 Å². The van der Waals surface area contributed by atoms with Crippen molar-refractivity contribution in [3.05, 3.63) is 76.8 Å². The number of fused-ring (bicyclic) bond motifs is 2. The SMILES string of the molecule is Cc1cc(CCn2ccc3cc(C(=O)O)ccc32)c2c(n1)CC=CC2. The van der Waals surface area contributed by atoms with Crippen molar-refractivity contribution in [1.82, 2.24) is 9.55 Å². The van der Waals surface area contributed by atoms with Gasteiger partial charge in [0.25, 0.3) is 0 Å². The summed E-state index contributed by atoms with van der Waals surface area (Å²) < 4.78 is 2.20. The molecular weight excluding hydrogens is 312 g/mol. The van der Waals surface area contributed by atoms with E-state index in [1.807, 2.05) is 18.3 Å². The second kappa shape index (κ2) is 6.20. The molecule has 1 aliphatic rings. The largest absolute Gasteiger partial charge is 0.478 e. The maximum Gasteiger partial charge on any atom is 0.335 e. The molecule has 126 valence electrons. The van der Waals surface area contributed by atoms with Gasteiger partial charge in [0.15, 0.2) is 0 Å². The van der Waals surface area contributed by atoms with E-state index < -0.39 is 5.97 Å². The summed E-state index contributed by atoms with van der Waals surface area (Å²) in [5, 5.41) is 10.1. The Morgan fingerprint density at radius 1 is 1.20 bits per heavy atom. The zero-order valence-corrected chi connectivity index (χ0v) is 14.2. The van der Waals surface area contributed by atoms with Gasteiger partial charge in [-0.2, -0.15) is 0 Å². The molecular formula is C21H20N2O2. The molecule has 1 aromatic carbocycles. The molecule has 1 aliphatic carbocycles. The number of pyridine rings is 1. The van der Waals surface area contributed by atoms with Crippen LogP contribution in [0, 0.1) is 6.92 Å². The molecule has 3 aromatic rings. The molecule has 0 atom stereocenters. The minimum Gasteiger partial charge on any atom is -0.478 e. The molecule has 0 saturated carbocycles. The van der Waals surface area contributed by atoms with Crippen molar-refractivity contribution in [2.75, 3.05) is 0 Å². The molecule has 0 amide bonds. The fourth-order valence-electron chi connectivity index (χ4n) is 3.64. The summed E-state index contributed by atoms with van der Waals surface area (Å²) in [7, 11) is 0. The number of rotatable bonds is 4. The molecule has 4 rings (SSSR count). The van der Waals surface area contributed by atoms with E-state index in [-0.39, 0.29) is 0 Å². The van der Waals surface area contributed by atoms with E-state index in [4.69, 9.17) is 5.11 Å². The normalized spacial score (nSPS) is 13.2. The summed E-state index contributed by atoms with van der Waals surface area (Å²) in [6, 6.07) is 9.49. The topological polar surface area (TPSA) is 55.1 Å². The fraction of sp³-hybridized carbons (Fsp3) is 0.238. The number of hydrogen-bond acceptors (Lipinski definition) is 2. The van der Waals surface area contributed by atoms with Gasteiger partial charge < -0.3 is 9.67 Å². The number of benzene rings is 1. The third-order valence-corrected chi connectivity index (χ3v) is 4.87. The molecule has 25 heavy (non-hydrogen) atoms. The third-order valence-electron chi connectivity index (χ3n) is 4.87. The molecule has 0 fully saturated rings. The Morgan fingerprint density at radius 3 is 2.88 bits per heavy atom. The van der Waals surface area contributed by atoms with Gasteiger partial charge in [-0.05, 0) is 61.2 Å². The lowest BCUT2D eigenvalue weighted by Gasteiger charge is -2.17. The van der Waals surface area contributed by atoms with E-state index in [2.05, 4.69) is 34.7 Å². The lowest BCUT2D eigenvalue weighted by molar-refractivity contribution is 0.0697. The summed E-state index contributed by atoms with van der Waals surface area (Å²) in [5.41, 5.74) is 6.43. The summed E-state index contributed by atoms with van der Waals surface area (Å²) in [5.74, 6) is -0.887. The van der Waals surface area contributed by atoms with Gasteiger partial charge in [-0.15, -0.1) is 0 Å². The standard InChI is InChI=1S/C21H20N2O2/c1-14-12-15(18-4-2-3-5-19(18)22-14)8-10-23-11-9-16-13-17(21(24)25)6-7-20(16)23/h2-3,6-7,9,11-13H,4-5,8,10H2,1H3,(H,24,25). The highest BCUT2D eigenvalue weighted by Crippen LogP contribution is 2.23. The van der Waals surface area contributed by atoms with Crippen LogP contribution in [-0.2, 0) is 25.8 Å². The van der Waals surface area contributed by atoms with Crippen molar-refractivity contribution in [3.8, 4) is 0 Å². The van der Waals surface area contributed by atoms with Gasteiger partial charge in [-0.25, -0.2) is 4.79 Å². The number of aromatic nitrogens is 2. The summed E-state index contributed by atoms with van der Waals surface area (Å²) in [4.78, 5) is 15.8. The van der Waals surface area contributed by atoms with Crippen LogP contribution in [0.4, 0.5) is 0 Å². The van der Waals surface area contributed by atoms with E-state index in [9.17, 15) is 4.79 Å². The Bertz CT molecular complexity index is 999. The number of aryl methyl sites for hydroxylation is 3. The highest BCUT2D eigenvalue weighted by atomic mass is 16.4. The van der Waals surface area contributed by atoms with Crippen molar-refractivity contribution < 1.29 is 9.90 Å². The lowest BCUT2D eigenvalue weighted by Crippen LogP contribution is -2.09. The fourth-order valence-corrected chi connectivity index (χ4v) is 3.64. The van der Waals surface area contributed by atoms with Gasteiger partial charge >= 0.3 is 5.97 Å². The average Bonchev–Trinajstić information content (AvgIpc) is 3.01. The van der Waals surface area contributed by atoms with Crippen LogP contribution in [-0.4, -0.2) is 20.6 Å². The molecule has 4 heteroatoms. The van der Waals surface area contributed by atoms with Gasteiger partial charge in [0, 0.05) is 41.5 Å². The predicted molar refractivity (Wildman–Crippen MR) is 98.1 cm³/mol. The van der Waals surface area contributed by atoms with Crippen molar-refractivity contribution in [1.29, 1.82) is 0 Å². The van der Waals surface area contributed by atoms with Crippen LogP contribution in [0.3, 0.4) is 0 Å². The molecule has 2 heterocycles. The molecule has 0 radical (unpaired) electrons. The van der Waals surface area contributed by atoms with E-state index in [0.29, 0.717) is 5.56 Å². The Balaban J connectivity index is 1.61. The Morgan fingerprint density at radius 2 is 2.04 bits per heavy atom. The van der Waals surface area contributed by atoms with Crippen LogP contribution in [0.2, 0.25) is 0 Å². The number of carboxylic acid groups (broad SMARTS) is 1. The van der Waals surface area contributed by atoms with Crippen LogP contribution >= 0.6 is 0 Å². The molecule has 0 spiro atoms. The van der Waals surface area contributed by atoms with Crippen LogP contribution in [0.1, 0.15) is 32.9 Å². The zero-order valence-electron chi connectivity index (χ0n) is 14.2. The number of hydrogen-bond donors (Lipinski definition) is 1. The van der Waals surface area contributed by atoms with Crippen LogP contribution in [0.15, 0.2) is 48.7 Å². The Labute approximate surface area is 146 Å².